The van der Waals surface area contributed by atoms with Gasteiger partial charge < -0.3 is 21.3 Å². The molecule has 0 spiro atoms. The lowest BCUT2D eigenvalue weighted by molar-refractivity contribution is -0.146. The van der Waals surface area contributed by atoms with Crippen LogP contribution in [0, 0.1) is 0 Å². The summed E-state index contributed by atoms with van der Waals surface area (Å²) in [5.41, 5.74) is 3.99. The van der Waals surface area contributed by atoms with Gasteiger partial charge in [0.1, 0.15) is 5.54 Å². The molecule has 0 aromatic rings. The Kier molecular flexibility index (Phi) is 4.90. The maximum absolute atomic E-state index is 11.4. The standard InChI is InChI=1S/C9H16N2O5/c1-9(2,8(15)16)11-7(14)5(10)3-4-6(12)13/h5H,3-4,10H2,1-2H3,(H,11,14)(H,12,13)(H,15,16). The fourth-order valence-corrected chi connectivity index (χ4v) is 0.864. The highest BCUT2D eigenvalue weighted by molar-refractivity contribution is 5.89. The van der Waals surface area contributed by atoms with Crippen molar-refractivity contribution in [3.63, 3.8) is 0 Å². The molecule has 7 nitrogen and oxygen atoms in total. The Balaban J connectivity index is 4.25. The first-order valence-corrected chi connectivity index (χ1v) is 4.69. The van der Waals surface area contributed by atoms with Crippen molar-refractivity contribution in [2.45, 2.75) is 38.3 Å². The van der Waals surface area contributed by atoms with E-state index in [-0.39, 0.29) is 12.8 Å². The summed E-state index contributed by atoms with van der Waals surface area (Å²) in [4.78, 5) is 32.3. The summed E-state index contributed by atoms with van der Waals surface area (Å²) in [6.45, 7) is 2.63. The van der Waals surface area contributed by atoms with Crippen molar-refractivity contribution in [1.82, 2.24) is 5.32 Å². The number of nitrogens with one attached hydrogen (secondary N) is 1. The molecule has 0 aromatic heterocycles. The van der Waals surface area contributed by atoms with Crippen LogP contribution in [0.3, 0.4) is 0 Å². The van der Waals surface area contributed by atoms with E-state index < -0.39 is 29.4 Å². The Labute approximate surface area is 92.6 Å². The summed E-state index contributed by atoms with van der Waals surface area (Å²) in [6, 6.07) is -1.02. The van der Waals surface area contributed by atoms with Crippen molar-refractivity contribution >= 4 is 17.8 Å². The topological polar surface area (TPSA) is 130 Å². The molecule has 0 bridgehead atoms. The lowest BCUT2D eigenvalue weighted by Crippen LogP contribution is -2.54. The Morgan fingerprint density at radius 1 is 1.31 bits per heavy atom. The van der Waals surface area contributed by atoms with E-state index in [0.29, 0.717) is 0 Å². The van der Waals surface area contributed by atoms with Gasteiger partial charge in [0.25, 0.3) is 0 Å². The minimum absolute atomic E-state index is 0.0309. The molecule has 0 saturated carbocycles. The lowest BCUT2D eigenvalue weighted by Gasteiger charge is -2.23. The van der Waals surface area contributed by atoms with E-state index in [4.69, 9.17) is 15.9 Å². The second-order valence-electron chi connectivity index (χ2n) is 3.96. The number of amides is 1. The summed E-state index contributed by atoms with van der Waals surface area (Å²) in [6.07, 6.45) is -0.265. The average molecular weight is 232 g/mol. The van der Waals surface area contributed by atoms with Crippen molar-refractivity contribution < 1.29 is 24.6 Å². The van der Waals surface area contributed by atoms with Crippen LogP contribution in [-0.4, -0.2) is 39.6 Å². The van der Waals surface area contributed by atoms with Gasteiger partial charge in [0.05, 0.1) is 6.04 Å². The molecule has 0 saturated heterocycles. The highest BCUT2D eigenvalue weighted by atomic mass is 16.4. The maximum atomic E-state index is 11.4. The van der Waals surface area contributed by atoms with Crippen molar-refractivity contribution in [3.05, 3.63) is 0 Å². The molecule has 0 aromatic carbocycles. The molecule has 0 fully saturated rings. The van der Waals surface area contributed by atoms with Gasteiger partial charge in [0, 0.05) is 6.42 Å². The van der Waals surface area contributed by atoms with E-state index in [1.54, 1.807) is 0 Å². The molecule has 0 aliphatic rings. The number of rotatable bonds is 6. The van der Waals surface area contributed by atoms with Crippen LogP contribution in [0.25, 0.3) is 0 Å². The summed E-state index contributed by atoms with van der Waals surface area (Å²) >= 11 is 0. The molecule has 0 radical (unpaired) electrons. The highest BCUT2D eigenvalue weighted by Gasteiger charge is 2.30. The number of hydrogen-bond acceptors (Lipinski definition) is 4. The monoisotopic (exact) mass is 232 g/mol. The van der Waals surface area contributed by atoms with E-state index in [1.165, 1.54) is 13.8 Å². The Hall–Kier alpha value is -1.63. The second kappa shape index (κ2) is 5.45. The molecule has 0 heterocycles. The van der Waals surface area contributed by atoms with Crippen LogP contribution in [0.2, 0.25) is 0 Å². The molecule has 0 rings (SSSR count). The van der Waals surface area contributed by atoms with Crippen LogP contribution in [0.15, 0.2) is 0 Å². The molecular weight excluding hydrogens is 216 g/mol. The van der Waals surface area contributed by atoms with Gasteiger partial charge in [-0.15, -0.1) is 0 Å². The first-order valence-electron chi connectivity index (χ1n) is 4.69. The third kappa shape index (κ3) is 4.74. The maximum Gasteiger partial charge on any atom is 0.328 e. The third-order valence-corrected chi connectivity index (χ3v) is 1.98. The third-order valence-electron chi connectivity index (χ3n) is 1.98. The summed E-state index contributed by atoms with van der Waals surface area (Å²) in [5.74, 6) is -2.92. The van der Waals surface area contributed by atoms with Gasteiger partial charge in [0.2, 0.25) is 5.91 Å². The zero-order chi connectivity index (χ0) is 12.9. The number of carbonyl (C=O) groups is 3. The zero-order valence-corrected chi connectivity index (χ0v) is 9.19. The van der Waals surface area contributed by atoms with E-state index >= 15 is 0 Å². The van der Waals surface area contributed by atoms with Crippen LogP contribution in [0.4, 0.5) is 0 Å². The zero-order valence-electron chi connectivity index (χ0n) is 9.19. The smallest absolute Gasteiger partial charge is 0.328 e. The van der Waals surface area contributed by atoms with Crippen LogP contribution >= 0.6 is 0 Å². The van der Waals surface area contributed by atoms with Gasteiger partial charge in [-0.05, 0) is 20.3 Å². The highest BCUT2D eigenvalue weighted by Crippen LogP contribution is 2.03. The number of carbonyl (C=O) groups excluding carboxylic acids is 1. The van der Waals surface area contributed by atoms with Gasteiger partial charge in [-0.1, -0.05) is 0 Å². The van der Waals surface area contributed by atoms with Gasteiger partial charge in [-0.3, -0.25) is 9.59 Å². The van der Waals surface area contributed by atoms with Crippen molar-refractivity contribution in [1.29, 1.82) is 0 Å². The number of nitrogens with two attached hydrogens (primary N) is 1. The van der Waals surface area contributed by atoms with Crippen LogP contribution in [-0.2, 0) is 14.4 Å². The molecule has 16 heavy (non-hydrogen) atoms. The van der Waals surface area contributed by atoms with Crippen molar-refractivity contribution in [2.24, 2.45) is 5.73 Å². The first-order chi connectivity index (χ1) is 7.16. The molecule has 0 aliphatic heterocycles. The fraction of sp³-hybridized carbons (Fsp3) is 0.667. The van der Waals surface area contributed by atoms with Crippen LogP contribution in [0.1, 0.15) is 26.7 Å². The molecule has 0 aliphatic carbocycles. The Bertz CT molecular complexity index is 300. The summed E-state index contributed by atoms with van der Waals surface area (Å²) < 4.78 is 0. The van der Waals surface area contributed by atoms with Gasteiger partial charge >= 0.3 is 11.9 Å². The van der Waals surface area contributed by atoms with Crippen LogP contribution < -0.4 is 11.1 Å². The predicted molar refractivity (Wildman–Crippen MR) is 54.7 cm³/mol. The predicted octanol–water partition coefficient (Wildman–Crippen LogP) is -0.842. The SMILES string of the molecule is CC(C)(NC(=O)C(N)CCC(=O)O)C(=O)O. The minimum Gasteiger partial charge on any atom is -0.481 e. The number of carboxylic acid groups (broad SMARTS) is 2. The second-order valence-corrected chi connectivity index (χ2v) is 3.96. The largest absolute Gasteiger partial charge is 0.481 e. The van der Waals surface area contributed by atoms with Gasteiger partial charge in [-0.2, -0.15) is 0 Å². The Morgan fingerprint density at radius 3 is 2.19 bits per heavy atom. The summed E-state index contributed by atoms with van der Waals surface area (Å²) in [7, 11) is 0. The van der Waals surface area contributed by atoms with Crippen molar-refractivity contribution in [3.8, 4) is 0 Å². The van der Waals surface area contributed by atoms with E-state index in [2.05, 4.69) is 5.32 Å². The van der Waals surface area contributed by atoms with Crippen LogP contribution in [0.5, 0.6) is 0 Å². The number of hydrogen-bond donors (Lipinski definition) is 4. The quantitative estimate of drug-likeness (QED) is 0.472. The van der Waals surface area contributed by atoms with E-state index in [1.807, 2.05) is 0 Å². The molecule has 92 valence electrons. The normalized spacial score (nSPS) is 12.9. The Morgan fingerprint density at radius 2 is 1.81 bits per heavy atom. The molecule has 7 heteroatoms. The molecule has 1 unspecified atom stereocenters. The van der Waals surface area contributed by atoms with E-state index in [0.717, 1.165) is 0 Å². The minimum atomic E-state index is -1.42. The van der Waals surface area contributed by atoms with E-state index in [9.17, 15) is 14.4 Å². The number of carboxylic acids is 2. The fourth-order valence-electron chi connectivity index (χ4n) is 0.864. The number of aliphatic carboxylic acids is 2. The molecule has 1 atom stereocenters. The summed E-state index contributed by atoms with van der Waals surface area (Å²) in [5, 5.41) is 19.3. The molecule has 5 N–H and O–H groups in total. The molecule has 1 amide bonds. The average Bonchev–Trinajstić information content (AvgIpc) is 2.12. The van der Waals surface area contributed by atoms with Gasteiger partial charge in [0.15, 0.2) is 0 Å². The van der Waals surface area contributed by atoms with Gasteiger partial charge in [-0.25, -0.2) is 4.79 Å². The first kappa shape index (κ1) is 14.4. The lowest BCUT2D eigenvalue weighted by atomic mass is 10.0. The molecular formula is C9H16N2O5. The van der Waals surface area contributed by atoms with Crippen molar-refractivity contribution in [2.75, 3.05) is 0 Å².